The Hall–Kier alpha value is -2.26. The van der Waals surface area contributed by atoms with E-state index in [1.54, 1.807) is 0 Å². The number of esters is 2. The fourth-order valence-electron chi connectivity index (χ4n) is 6.14. The number of carbonyl (C=O) groups excluding carboxylic acids is 2. The van der Waals surface area contributed by atoms with E-state index in [4.69, 9.17) is 18.9 Å². The van der Waals surface area contributed by atoms with Crippen LogP contribution >= 0.6 is 0 Å². The molecule has 0 heterocycles. The molecule has 1 N–H and O–H groups in total. The third-order valence-electron chi connectivity index (χ3n) is 9.63. The molecule has 0 aliphatic carbocycles. The van der Waals surface area contributed by atoms with Crippen molar-refractivity contribution in [2.45, 2.75) is 187 Å². The van der Waals surface area contributed by atoms with E-state index in [1.165, 1.54) is 103 Å². The van der Waals surface area contributed by atoms with Gasteiger partial charge in [-0.25, -0.2) is 0 Å². The molecule has 0 saturated carbocycles. The number of rotatable bonds is 43. The molecular formula is C48H87NO7. The monoisotopic (exact) mass is 790 g/mol. The van der Waals surface area contributed by atoms with E-state index >= 15 is 0 Å². The smallest absolute Gasteiger partial charge is 0.308 e. The second-order valence-corrected chi connectivity index (χ2v) is 15.2. The Balaban J connectivity index is 3.86. The molecule has 0 spiro atoms. The maximum atomic E-state index is 12.3. The molecule has 0 aromatic rings. The van der Waals surface area contributed by atoms with Crippen LogP contribution in [-0.2, 0) is 28.5 Å². The van der Waals surface area contributed by atoms with Crippen LogP contribution in [0.25, 0.3) is 0 Å². The molecule has 0 aliphatic heterocycles. The normalized spacial score (nSPS) is 12.7. The van der Waals surface area contributed by atoms with E-state index in [9.17, 15) is 14.7 Å². The van der Waals surface area contributed by atoms with Gasteiger partial charge in [0.05, 0.1) is 58.6 Å². The highest BCUT2D eigenvalue weighted by atomic mass is 16.6. The second kappa shape index (κ2) is 45.4. The minimum atomic E-state index is -0.290. The lowest BCUT2D eigenvalue weighted by Crippen LogP contribution is -2.36. The molecule has 1 atom stereocenters. The summed E-state index contributed by atoms with van der Waals surface area (Å²) in [7, 11) is 1.90. The number of aliphatic hydroxyl groups is 1. The SMILES string of the molecule is CCCCC/C=C\C/C=C\CCCCCCCCOC(=O)CCOCC(CN(C)CCO)OCCC(=O)OCCCCCCCC/C=C\C/C=C\CCCCC. The molecule has 1 unspecified atom stereocenters. The summed E-state index contributed by atoms with van der Waals surface area (Å²) >= 11 is 0. The molecule has 0 aromatic heterocycles. The van der Waals surface area contributed by atoms with E-state index in [2.05, 4.69) is 62.5 Å². The summed E-state index contributed by atoms with van der Waals surface area (Å²) in [4.78, 5) is 26.4. The van der Waals surface area contributed by atoms with Crippen molar-refractivity contribution in [3.63, 3.8) is 0 Å². The maximum Gasteiger partial charge on any atom is 0.308 e. The highest BCUT2D eigenvalue weighted by Crippen LogP contribution is 2.10. The Bertz CT molecular complexity index is 963. The average molecular weight is 790 g/mol. The zero-order valence-electron chi connectivity index (χ0n) is 36.6. The van der Waals surface area contributed by atoms with Crippen molar-refractivity contribution in [2.24, 2.45) is 0 Å². The van der Waals surface area contributed by atoms with Crippen LogP contribution in [0.15, 0.2) is 48.6 Å². The molecule has 0 radical (unpaired) electrons. The van der Waals surface area contributed by atoms with Crippen LogP contribution in [0.1, 0.15) is 181 Å². The number of aliphatic hydroxyl groups excluding tert-OH is 1. The summed E-state index contributed by atoms with van der Waals surface area (Å²) in [6.45, 7) is 7.27. The molecule has 8 heteroatoms. The van der Waals surface area contributed by atoms with E-state index in [1.807, 2.05) is 11.9 Å². The van der Waals surface area contributed by atoms with E-state index in [0.717, 1.165) is 51.4 Å². The fraction of sp³-hybridized carbons (Fsp3) is 0.792. The number of carbonyl (C=O) groups is 2. The number of hydrogen-bond acceptors (Lipinski definition) is 8. The predicted molar refractivity (Wildman–Crippen MR) is 235 cm³/mol. The number of ether oxygens (including phenoxy) is 4. The van der Waals surface area contributed by atoms with Gasteiger partial charge in [0.25, 0.3) is 0 Å². The first-order valence-electron chi connectivity index (χ1n) is 22.9. The van der Waals surface area contributed by atoms with Gasteiger partial charge in [-0.3, -0.25) is 9.59 Å². The quantitative estimate of drug-likeness (QED) is 0.0371. The third-order valence-corrected chi connectivity index (χ3v) is 9.63. The van der Waals surface area contributed by atoms with Crippen LogP contribution in [-0.4, -0.2) is 87.8 Å². The van der Waals surface area contributed by atoms with Crippen molar-refractivity contribution < 1.29 is 33.6 Å². The highest BCUT2D eigenvalue weighted by molar-refractivity contribution is 5.69. The summed E-state index contributed by atoms with van der Waals surface area (Å²) in [6.07, 6.45) is 46.8. The average Bonchev–Trinajstić information content (AvgIpc) is 3.18. The summed E-state index contributed by atoms with van der Waals surface area (Å²) in [5.74, 6) is -0.497. The summed E-state index contributed by atoms with van der Waals surface area (Å²) in [6, 6.07) is 0. The van der Waals surface area contributed by atoms with Crippen LogP contribution in [0.5, 0.6) is 0 Å². The number of allylic oxidation sites excluding steroid dienone is 8. The fourth-order valence-corrected chi connectivity index (χ4v) is 6.14. The van der Waals surface area contributed by atoms with Crippen LogP contribution in [0.2, 0.25) is 0 Å². The Morgan fingerprint density at radius 3 is 1.39 bits per heavy atom. The van der Waals surface area contributed by atoms with Crippen LogP contribution < -0.4 is 0 Å². The van der Waals surface area contributed by atoms with Crippen molar-refractivity contribution in [3.8, 4) is 0 Å². The van der Waals surface area contributed by atoms with Crippen molar-refractivity contribution in [1.82, 2.24) is 4.90 Å². The van der Waals surface area contributed by atoms with Gasteiger partial charge in [0.2, 0.25) is 0 Å². The number of unbranched alkanes of at least 4 members (excludes halogenated alkanes) is 18. The van der Waals surface area contributed by atoms with E-state index < -0.39 is 0 Å². The van der Waals surface area contributed by atoms with Gasteiger partial charge in [-0.2, -0.15) is 0 Å². The zero-order valence-corrected chi connectivity index (χ0v) is 36.6. The lowest BCUT2D eigenvalue weighted by atomic mass is 10.1. The molecule has 56 heavy (non-hydrogen) atoms. The molecular weight excluding hydrogens is 703 g/mol. The van der Waals surface area contributed by atoms with Crippen molar-refractivity contribution in [3.05, 3.63) is 48.6 Å². The van der Waals surface area contributed by atoms with Gasteiger partial charge in [0, 0.05) is 13.1 Å². The zero-order chi connectivity index (χ0) is 40.8. The summed E-state index contributed by atoms with van der Waals surface area (Å²) < 4.78 is 22.5. The second-order valence-electron chi connectivity index (χ2n) is 15.2. The van der Waals surface area contributed by atoms with Crippen LogP contribution in [0.3, 0.4) is 0 Å². The van der Waals surface area contributed by atoms with Gasteiger partial charge in [-0.15, -0.1) is 0 Å². The molecule has 0 aliphatic rings. The first kappa shape index (κ1) is 53.7. The molecule has 0 fully saturated rings. The van der Waals surface area contributed by atoms with E-state index in [-0.39, 0.29) is 57.3 Å². The Morgan fingerprint density at radius 2 is 0.946 bits per heavy atom. The van der Waals surface area contributed by atoms with Gasteiger partial charge in [0.1, 0.15) is 0 Å². The van der Waals surface area contributed by atoms with Gasteiger partial charge < -0.3 is 29.0 Å². The molecule has 0 rings (SSSR count). The minimum Gasteiger partial charge on any atom is -0.466 e. The highest BCUT2D eigenvalue weighted by Gasteiger charge is 2.15. The van der Waals surface area contributed by atoms with Gasteiger partial charge in [0.15, 0.2) is 0 Å². The summed E-state index contributed by atoms with van der Waals surface area (Å²) in [5, 5.41) is 9.30. The molecule has 326 valence electrons. The molecule has 0 saturated heterocycles. The van der Waals surface area contributed by atoms with E-state index in [0.29, 0.717) is 26.3 Å². The van der Waals surface area contributed by atoms with Crippen LogP contribution in [0.4, 0.5) is 0 Å². The van der Waals surface area contributed by atoms with Gasteiger partial charge in [-0.1, -0.05) is 140 Å². The first-order valence-corrected chi connectivity index (χ1v) is 22.9. The molecule has 0 bridgehead atoms. The van der Waals surface area contributed by atoms with Gasteiger partial charge in [-0.05, 0) is 84.1 Å². The Kier molecular flexibility index (Phi) is 43.6. The first-order chi connectivity index (χ1) is 27.5. The number of hydrogen-bond donors (Lipinski definition) is 1. The number of likely N-dealkylation sites (N-methyl/N-ethyl adjacent to an activating group) is 1. The topological polar surface area (TPSA) is 94.5 Å². The summed E-state index contributed by atoms with van der Waals surface area (Å²) in [5.41, 5.74) is 0. The Labute approximate surface area is 344 Å². The van der Waals surface area contributed by atoms with Crippen molar-refractivity contribution >= 4 is 11.9 Å². The van der Waals surface area contributed by atoms with Gasteiger partial charge >= 0.3 is 11.9 Å². The molecule has 0 amide bonds. The van der Waals surface area contributed by atoms with Crippen molar-refractivity contribution in [1.29, 1.82) is 0 Å². The molecule has 0 aromatic carbocycles. The lowest BCUT2D eigenvalue weighted by molar-refractivity contribution is -0.147. The third kappa shape index (κ3) is 42.9. The number of nitrogens with zero attached hydrogens (tertiary/aromatic N) is 1. The predicted octanol–water partition coefficient (Wildman–Crippen LogP) is 11.8. The minimum absolute atomic E-state index is 0.0477. The maximum absolute atomic E-state index is 12.3. The Morgan fingerprint density at radius 1 is 0.536 bits per heavy atom. The van der Waals surface area contributed by atoms with Crippen LogP contribution in [0, 0.1) is 0 Å². The lowest BCUT2D eigenvalue weighted by Gasteiger charge is -2.23. The largest absolute Gasteiger partial charge is 0.466 e. The standard InChI is InChI=1S/C48H87NO7/c1-4-6-8-10-12-14-16-18-20-22-24-26-28-30-32-34-40-55-47(51)36-42-53-45-46(44-49(3)38-39-50)54-43-37-48(52)56-41-35-33-31-29-27-25-23-21-19-17-15-13-11-9-7-5-2/h12-15,18-21,46,50H,4-11,16-17,22-45H2,1-3H3/b14-12-,15-13-,20-18-,21-19-. The van der Waals surface area contributed by atoms with Crippen molar-refractivity contribution in [2.75, 3.05) is 59.8 Å². The molecule has 8 nitrogen and oxygen atoms in total.